The molecule has 10 aliphatic rings. The number of imidazole rings is 1. The lowest BCUT2D eigenvalue weighted by molar-refractivity contribution is -0.486. The predicted molar refractivity (Wildman–Crippen MR) is 92.1 cm³/mol. The van der Waals surface area contributed by atoms with Crippen LogP contribution in [0.4, 0.5) is 5.95 Å². The van der Waals surface area contributed by atoms with Crippen molar-refractivity contribution in [2.24, 2.45) is 0 Å². The molecular weight excluding hydrogens is 555 g/mol. The predicted octanol–water partition coefficient (Wildman–Crippen LogP) is -1.80. The first kappa shape index (κ1) is 19.6. The fraction of sp³-hybridized carbons (Fsp3) is 0.500. The third-order valence-corrected chi connectivity index (χ3v) is 10.6. The minimum Gasteiger partial charge on any atom is -0.615 e. The smallest absolute Gasteiger partial charge is 0.539 e. The monoisotopic (exact) mass is 559 g/mol. The minimum atomic E-state index is -4.76. The number of phosphoric ester groups is 3. The number of H-pyrrole nitrogens is 1. The van der Waals surface area contributed by atoms with Crippen LogP contribution in [0, 0.1) is 0 Å². The topological polar surface area (TPSA) is 244 Å². The van der Waals surface area contributed by atoms with Gasteiger partial charge in [0.15, 0.2) is 0 Å². The maximum atomic E-state index is 13.1. The zero-order valence-corrected chi connectivity index (χ0v) is 18.8. The number of anilines is 1. The summed E-state index contributed by atoms with van der Waals surface area (Å²) in [5.41, 5.74) is 4.04. The van der Waals surface area contributed by atoms with Crippen molar-refractivity contribution in [2.75, 3.05) is 5.73 Å². The van der Waals surface area contributed by atoms with Gasteiger partial charge in [-0.25, -0.2) is 54.9 Å². The highest BCUT2D eigenvalue weighted by molar-refractivity contribution is 7.51. The van der Waals surface area contributed by atoms with Crippen LogP contribution in [0.5, 0.6) is 6.01 Å². The Morgan fingerprint density at radius 1 is 0.971 bits per heavy atom. The van der Waals surface area contributed by atoms with E-state index in [0.717, 1.165) is 3.97 Å². The van der Waals surface area contributed by atoms with Crippen LogP contribution >= 0.6 is 23.5 Å². The van der Waals surface area contributed by atoms with Crippen molar-refractivity contribution in [3.63, 3.8) is 0 Å². The Morgan fingerprint density at radius 2 is 1.59 bits per heavy atom. The van der Waals surface area contributed by atoms with Crippen molar-refractivity contribution >= 4 is 53.4 Å². The van der Waals surface area contributed by atoms with Gasteiger partial charge >= 0.3 is 64.3 Å². The Labute approximate surface area is 188 Å². The van der Waals surface area contributed by atoms with Gasteiger partial charge in [0.1, 0.15) is 0 Å². The van der Waals surface area contributed by atoms with E-state index in [9.17, 15) is 23.6 Å². The summed E-state index contributed by atoms with van der Waals surface area (Å²) in [6.45, 7) is 0. The van der Waals surface area contributed by atoms with Crippen molar-refractivity contribution < 1.29 is 68.2 Å². The van der Waals surface area contributed by atoms with Gasteiger partial charge < -0.3 is 32.2 Å². The first-order valence-corrected chi connectivity index (χ1v) is 13.6. The minimum absolute atomic E-state index is 0.385. The molecule has 10 aliphatic heterocycles. The number of ether oxygens (including phenoxy) is 1. The summed E-state index contributed by atoms with van der Waals surface area (Å²) in [7, 11) is -13.8. The summed E-state index contributed by atoms with van der Waals surface area (Å²) in [6, 6.07) is -0.722. The van der Waals surface area contributed by atoms with Crippen LogP contribution in [-0.4, -0.2) is 43.0 Å². The fourth-order valence-electron chi connectivity index (χ4n) is 4.94. The third-order valence-electron chi connectivity index (χ3n) is 6.07. The van der Waals surface area contributed by atoms with Crippen LogP contribution in [0.15, 0.2) is 4.79 Å². The number of fused-ring (bicyclic) bond motifs is 1. The number of aliphatic hydroxyl groups is 1. The quantitative estimate of drug-likeness (QED) is 0.183. The second-order valence-corrected chi connectivity index (χ2v) is 12.5. The second-order valence-electron chi connectivity index (χ2n) is 7.81. The highest BCUT2D eigenvalue weighted by Crippen LogP contribution is 2.96. The van der Waals surface area contributed by atoms with Gasteiger partial charge in [0.2, 0.25) is 11.2 Å². The molecule has 4 N–H and O–H groups in total. The van der Waals surface area contributed by atoms with Crippen LogP contribution in [0.2, 0.25) is 0 Å². The molecule has 8 bridgehead atoms. The zero-order valence-electron chi connectivity index (χ0n) is 15.3. The zero-order chi connectivity index (χ0) is 23.5. The second kappa shape index (κ2) is 4.62. The van der Waals surface area contributed by atoms with E-state index >= 15 is 0 Å². The molecule has 12 rings (SSSR count). The number of rotatable bonds is 0. The molecule has 0 aliphatic carbocycles. The van der Waals surface area contributed by atoms with E-state index in [1.165, 1.54) is 0 Å². The van der Waals surface area contributed by atoms with Crippen LogP contribution < -0.4 is 19.8 Å². The number of nitrogens with zero attached hydrogens (tertiary/aromatic N) is 3. The molecule has 20 nitrogen and oxygen atoms in total. The van der Waals surface area contributed by atoms with Gasteiger partial charge in [0.25, 0.3) is 5.95 Å². The van der Waals surface area contributed by atoms with E-state index in [0.29, 0.717) is 4.57 Å². The van der Waals surface area contributed by atoms with Crippen molar-refractivity contribution in [1.29, 1.82) is 0 Å². The summed E-state index contributed by atoms with van der Waals surface area (Å²) in [6.07, 6.45) is 0. The molecule has 2 atom stereocenters. The molecular formula is C10H4N5O15P3S. The molecule has 34 heavy (non-hydrogen) atoms. The third kappa shape index (κ3) is 1.53. The Bertz CT molecular complexity index is 1660. The van der Waals surface area contributed by atoms with E-state index < -0.39 is 75.4 Å². The van der Waals surface area contributed by atoms with E-state index in [2.05, 4.69) is 9.97 Å². The lowest BCUT2D eigenvalue weighted by atomic mass is 9.95. The molecule has 2 aromatic heterocycles. The van der Waals surface area contributed by atoms with Gasteiger partial charge in [0, 0.05) is 0 Å². The number of phosphoric acid groups is 3. The number of nitrogens with two attached hydrogens (primary N) is 1. The first-order chi connectivity index (χ1) is 15.8. The van der Waals surface area contributed by atoms with Crippen LogP contribution in [0.3, 0.4) is 0 Å². The van der Waals surface area contributed by atoms with Crippen molar-refractivity contribution in [3.05, 3.63) is 10.4 Å². The summed E-state index contributed by atoms with van der Waals surface area (Å²) < 4.78 is 93.6. The SMILES string of the molecule is Nc1[nH]c(=O)c2nc3n(c2[n+]1[S-])[C@@]12O[C@@]4(OP5(=O)OC4(O5)C14OP(=O)(O3)O4)C1(O)OP(=O)(O1)O2. The molecule has 8 fully saturated rings. The summed E-state index contributed by atoms with van der Waals surface area (Å²) in [4.78, 5) is 18.7. The molecule has 4 spiro atoms. The summed E-state index contributed by atoms with van der Waals surface area (Å²) >= 11 is 5.22. The van der Waals surface area contributed by atoms with Gasteiger partial charge in [-0.3, -0.25) is 9.53 Å². The van der Waals surface area contributed by atoms with Gasteiger partial charge in [-0.05, 0) is 0 Å². The Balaban J connectivity index is 1.48. The lowest BCUT2D eigenvalue weighted by Crippen LogP contribution is -2.79. The van der Waals surface area contributed by atoms with Gasteiger partial charge in [-0.15, -0.1) is 0 Å². The fourth-order valence-corrected chi connectivity index (χ4v) is 9.93. The van der Waals surface area contributed by atoms with Gasteiger partial charge in [0.05, 0.1) is 0 Å². The van der Waals surface area contributed by atoms with Crippen molar-refractivity contribution in [1.82, 2.24) is 14.5 Å². The molecule has 180 valence electrons. The Hall–Kier alpha value is -1.54. The maximum absolute atomic E-state index is 13.1. The average molecular weight is 559 g/mol. The lowest BCUT2D eigenvalue weighted by Gasteiger charge is -2.55. The van der Waals surface area contributed by atoms with Gasteiger partial charge in [-0.2, -0.15) is 9.55 Å². The Morgan fingerprint density at radius 3 is 2.29 bits per heavy atom. The van der Waals surface area contributed by atoms with Crippen LogP contribution in [-0.2, 0) is 73.3 Å². The number of hydrogen-bond acceptors (Lipinski definition) is 18. The largest absolute Gasteiger partial charge is 0.615 e. The Kier molecular flexibility index (Phi) is 2.67. The summed E-state index contributed by atoms with van der Waals surface area (Å²) in [5, 5.41) is 10.9. The molecule has 0 saturated carbocycles. The number of aromatic nitrogens is 4. The average Bonchev–Trinajstić information content (AvgIpc) is 3.22. The molecule has 12 heterocycles. The number of nitrogens with one attached hydrogen (secondary N) is 1. The number of nitrogen functional groups attached to an aromatic ring is 1. The van der Waals surface area contributed by atoms with E-state index in [4.69, 9.17) is 64.0 Å². The number of aromatic amines is 1. The molecule has 0 radical (unpaired) electrons. The van der Waals surface area contributed by atoms with E-state index in [1.54, 1.807) is 0 Å². The molecule has 8 saturated heterocycles. The van der Waals surface area contributed by atoms with Crippen LogP contribution in [0.1, 0.15) is 0 Å². The standard InChI is InChI=1S/C10H4N5O15P3S/c11-4-13-2(16)1-3(15(4)34)14-5(12-1)21-31(18)25-7(26-31)6-8(27-32(19,23-6)24-6)10(17)29-33(20,30-10)28-9(7,14)22-8/h17H,(H3,11,13,16)/t6?,7?,8-,9+,10?,31?,32?,33?/m0/s1. The normalized spacial score (nSPS) is 56.6. The number of hydrogen-bond donors (Lipinski definition) is 3. The molecule has 2 aromatic rings. The van der Waals surface area contributed by atoms with E-state index in [-0.39, 0.29) is 5.95 Å². The molecule has 0 aromatic carbocycles. The first-order valence-electron chi connectivity index (χ1n) is 8.90. The molecule has 24 heteroatoms. The summed E-state index contributed by atoms with van der Waals surface area (Å²) in [5.74, 6) is -14.8. The van der Waals surface area contributed by atoms with E-state index in [1.807, 2.05) is 0 Å². The molecule has 0 amide bonds. The maximum Gasteiger partial charge on any atom is 0.539 e. The van der Waals surface area contributed by atoms with Crippen molar-refractivity contribution in [3.8, 4) is 6.01 Å². The van der Waals surface area contributed by atoms with Crippen LogP contribution in [0.25, 0.3) is 11.2 Å². The highest BCUT2D eigenvalue weighted by atomic mass is 32.1. The van der Waals surface area contributed by atoms with Crippen molar-refractivity contribution in [2.45, 2.75) is 29.2 Å². The molecule has 0 unspecified atom stereocenters. The van der Waals surface area contributed by atoms with Gasteiger partial charge in [-0.1, -0.05) is 0 Å². The highest BCUT2D eigenvalue weighted by Gasteiger charge is 3.12.